The molecule has 0 unspecified atom stereocenters. The fraction of sp³-hybridized carbons (Fsp3) is 0.250. The highest BCUT2D eigenvalue weighted by Crippen LogP contribution is 2.16. The first kappa shape index (κ1) is 16.7. The topological polar surface area (TPSA) is 169 Å². The molecule has 112 valence electrons. The van der Waals surface area contributed by atoms with Crippen molar-refractivity contribution in [1.29, 1.82) is 0 Å². The molecule has 0 spiro atoms. The first-order valence-corrected chi connectivity index (χ1v) is 5.92. The van der Waals surface area contributed by atoms with Crippen LogP contribution in [0.25, 0.3) is 20.9 Å². The Morgan fingerprint density at radius 3 is 2.18 bits per heavy atom. The first-order chi connectivity index (χ1) is 10.5. The van der Waals surface area contributed by atoms with Crippen LogP contribution in [0, 0.1) is 0 Å². The number of benzene rings is 1. The zero-order chi connectivity index (χ0) is 16.5. The van der Waals surface area contributed by atoms with E-state index in [9.17, 15) is 14.4 Å². The van der Waals surface area contributed by atoms with Gasteiger partial charge in [0.25, 0.3) is 0 Å². The number of carboxylic acids is 1. The van der Waals surface area contributed by atoms with Crippen molar-refractivity contribution < 1.29 is 19.5 Å². The average molecular weight is 302 g/mol. The Kier molecular flexibility index (Phi) is 6.11. The third-order valence-corrected chi connectivity index (χ3v) is 2.70. The highest BCUT2D eigenvalue weighted by atomic mass is 16.4. The van der Waals surface area contributed by atoms with Crippen LogP contribution in [0.1, 0.15) is 27.9 Å². The lowest BCUT2D eigenvalue weighted by Crippen LogP contribution is -2.17. The van der Waals surface area contributed by atoms with Gasteiger partial charge in [-0.3, -0.25) is 9.59 Å². The summed E-state index contributed by atoms with van der Waals surface area (Å²) in [6.45, 7) is -0.0594. The maximum absolute atomic E-state index is 11.8. The second-order valence-corrected chi connectivity index (χ2v) is 4.09. The van der Waals surface area contributed by atoms with Gasteiger partial charge < -0.3 is 5.11 Å². The first-order valence-electron chi connectivity index (χ1n) is 5.92. The number of rotatable bonds is 8. The summed E-state index contributed by atoms with van der Waals surface area (Å²) in [5.41, 5.74) is 17.8. The summed E-state index contributed by atoms with van der Waals surface area (Å²) >= 11 is 0. The Morgan fingerprint density at radius 2 is 1.64 bits per heavy atom. The molecule has 0 saturated heterocycles. The van der Waals surface area contributed by atoms with Crippen molar-refractivity contribution in [3.8, 4) is 0 Å². The van der Waals surface area contributed by atoms with Crippen molar-refractivity contribution >= 4 is 17.5 Å². The van der Waals surface area contributed by atoms with Gasteiger partial charge in [-0.2, -0.15) is 0 Å². The molecule has 0 fully saturated rings. The largest absolute Gasteiger partial charge is 0.475 e. The van der Waals surface area contributed by atoms with Crippen LogP contribution in [-0.2, 0) is 22.7 Å². The van der Waals surface area contributed by atoms with Crippen molar-refractivity contribution in [2.45, 2.75) is 19.5 Å². The lowest BCUT2D eigenvalue weighted by molar-refractivity contribution is -0.148. The average Bonchev–Trinajstić information content (AvgIpc) is 2.50. The molecule has 1 aromatic carbocycles. The molecule has 0 amide bonds. The van der Waals surface area contributed by atoms with Crippen molar-refractivity contribution in [3.05, 3.63) is 55.8 Å². The summed E-state index contributed by atoms with van der Waals surface area (Å²) in [6.07, 6.45) is -0.758. The van der Waals surface area contributed by atoms with E-state index in [2.05, 4.69) is 20.1 Å². The molecule has 0 aliphatic heterocycles. The van der Waals surface area contributed by atoms with Crippen LogP contribution in [0.4, 0.5) is 0 Å². The van der Waals surface area contributed by atoms with Crippen molar-refractivity contribution in [1.82, 2.24) is 0 Å². The molecule has 1 aromatic rings. The summed E-state index contributed by atoms with van der Waals surface area (Å²) in [5, 5.41) is 15.2. The minimum atomic E-state index is -1.68. The molecule has 0 saturated carbocycles. The molecular formula is C12H10N6O4. The van der Waals surface area contributed by atoms with E-state index in [1.54, 1.807) is 0 Å². The number of carboxylic acid groups (broad SMARTS) is 1. The number of azide groups is 2. The summed E-state index contributed by atoms with van der Waals surface area (Å²) in [4.78, 5) is 38.6. The van der Waals surface area contributed by atoms with Gasteiger partial charge in [-0.25, -0.2) is 4.79 Å². The lowest BCUT2D eigenvalue weighted by atomic mass is 9.99. The third kappa shape index (κ3) is 4.64. The number of hydrogen-bond donors (Lipinski definition) is 1. The normalized spacial score (nSPS) is 9.27. The van der Waals surface area contributed by atoms with Gasteiger partial charge in [0.2, 0.25) is 5.78 Å². The predicted molar refractivity (Wildman–Crippen MR) is 73.7 cm³/mol. The van der Waals surface area contributed by atoms with Crippen molar-refractivity contribution in [3.63, 3.8) is 0 Å². The summed E-state index contributed by atoms with van der Waals surface area (Å²) in [6, 6.07) is 4.27. The Morgan fingerprint density at radius 1 is 1.05 bits per heavy atom. The number of Topliss-reactive ketones (excluding diaryl/α,β-unsaturated/α-hetero) is 2. The molecule has 1 rings (SSSR count). The van der Waals surface area contributed by atoms with E-state index in [-0.39, 0.29) is 18.7 Å². The van der Waals surface area contributed by atoms with Gasteiger partial charge in [0.05, 0.1) is 19.5 Å². The van der Waals surface area contributed by atoms with Gasteiger partial charge in [-0.05, 0) is 28.3 Å². The zero-order valence-corrected chi connectivity index (χ0v) is 11.2. The summed E-state index contributed by atoms with van der Waals surface area (Å²) < 4.78 is 0. The van der Waals surface area contributed by atoms with Gasteiger partial charge in [0.15, 0.2) is 5.78 Å². The van der Waals surface area contributed by atoms with Gasteiger partial charge in [-0.1, -0.05) is 22.4 Å². The summed E-state index contributed by atoms with van der Waals surface area (Å²) in [7, 11) is 0. The van der Waals surface area contributed by atoms with Crippen LogP contribution in [0.5, 0.6) is 0 Å². The highest BCUT2D eigenvalue weighted by molar-refractivity contribution is 6.37. The molecule has 22 heavy (non-hydrogen) atoms. The van der Waals surface area contributed by atoms with Crippen LogP contribution in [0.2, 0.25) is 0 Å². The monoisotopic (exact) mass is 302 g/mol. The van der Waals surface area contributed by atoms with E-state index in [1.807, 2.05) is 0 Å². The molecule has 0 bridgehead atoms. The Balaban J connectivity index is 3.08. The van der Waals surface area contributed by atoms with Crippen LogP contribution < -0.4 is 0 Å². The molecule has 0 radical (unpaired) electrons. The molecule has 0 aliphatic rings. The minimum Gasteiger partial charge on any atom is -0.475 e. The van der Waals surface area contributed by atoms with E-state index in [0.29, 0.717) is 11.1 Å². The van der Waals surface area contributed by atoms with Crippen molar-refractivity contribution in [2.24, 2.45) is 10.2 Å². The number of hydrogen-bond acceptors (Lipinski definition) is 5. The number of ketones is 2. The SMILES string of the molecule is [N-]=[N+]=NCc1ccc(C(=O)CC(=O)C(=O)O)cc1CN=[N+]=[N-]. The van der Waals surface area contributed by atoms with E-state index >= 15 is 0 Å². The molecule has 0 aromatic heterocycles. The van der Waals surface area contributed by atoms with Gasteiger partial charge in [0, 0.05) is 15.4 Å². The minimum absolute atomic E-state index is 0.00923. The lowest BCUT2D eigenvalue weighted by Gasteiger charge is -2.07. The van der Waals surface area contributed by atoms with Gasteiger partial charge in [0.1, 0.15) is 0 Å². The Bertz CT molecular complexity index is 716. The third-order valence-electron chi connectivity index (χ3n) is 2.70. The second kappa shape index (κ2) is 8.05. The van der Waals surface area contributed by atoms with E-state index < -0.39 is 24.0 Å². The molecule has 0 heterocycles. The molecule has 10 heteroatoms. The smallest absolute Gasteiger partial charge is 0.372 e. The standard InChI is InChI=1S/C12H10N6O4/c13-17-15-5-8-2-1-7(3-9(8)6-16-18-14)10(19)4-11(20)12(21)22/h1-3H,4-6H2,(H,21,22). The molecule has 0 atom stereocenters. The van der Waals surface area contributed by atoms with Gasteiger partial charge >= 0.3 is 5.97 Å². The number of aliphatic carboxylic acids is 1. The number of nitrogens with zero attached hydrogens (tertiary/aromatic N) is 6. The molecule has 10 nitrogen and oxygen atoms in total. The molecule has 0 aliphatic carbocycles. The fourth-order valence-corrected chi connectivity index (χ4v) is 1.64. The predicted octanol–water partition coefficient (Wildman–Crippen LogP) is 2.53. The molecule has 1 N–H and O–H groups in total. The number of carbonyl (C=O) groups excluding carboxylic acids is 2. The van der Waals surface area contributed by atoms with Gasteiger partial charge in [-0.15, -0.1) is 0 Å². The quantitative estimate of drug-likeness (QED) is 0.194. The number of carbonyl (C=O) groups is 3. The van der Waals surface area contributed by atoms with Crippen LogP contribution in [-0.4, -0.2) is 22.6 Å². The molecular weight excluding hydrogens is 292 g/mol. The van der Waals surface area contributed by atoms with Crippen molar-refractivity contribution in [2.75, 3.05) is 0 Å². The van der Waals surface area contributed by atoms with E-state index in [0.717, 1.165) is 0 Å². The maximum Gasteiger partial charge on any atom is 0.372 e. The Labute approximate surface area is 123 Å². The van der Waals surface area contributed by atoms with Crippen LogP contribution >= 0.6 is 0 Å². The fourth-order valence-electron chi connectivity index (χ4n) is 1.64. The maximum atomic E-state index is 11.8. The Hall–Kier alpha value is -3.35. The second-order valence-electron chi connectivity index (χ2n) is 4.09. The highest BCUT2D eigenvalue weighted by Gasteiger charge is 2.18. The van der Waals surface area contributed by atoms with E-state index in [1.165, 1.54) is 18.2 Å². The van der Waals surface area contributed by atoms with Crippen LogP contribution in [0.15, 0.2) is 28.4 Å². The summed E-state index contributed by atoms with van der Waals surface area (Å²) in [5.74, 6) is -3.55. The van der Waals surface area contributed by atoms with Crippen LogP contribution in [0.3, 0.4) is 0 Å². The zero-order valence-electron chi connectivity index (χ0n) is 11.2. The van der Waals surface area contributed by atoms with E-state index in [4.69, 9.17) is 16.2 Å².